The van der Waals surface area contributed by atoms with Crippen LogP contribution >= 0.6 is 11.6 Å². The van der Waals surface area contributed by atoms with Crippen molar-refractivity contribution in [1.29, 1.82) is 0 Å². The summed E-state index contributed by atoms with van der Waals surface area (Å²) >= 11 is 5.99. The molecular formula is C21H19ClN2O6S. The molecule has 2 saturated heterocycles. The Morgan fingerprint density at radius 1 is 1.16 bits per heavy atom. The molecule has 31 heavy (non-hydrogen) atoms. The van der Waals surface area contributed by atoms with Crippen LogP contribution in [-0.2, 0) is 24.2 Å². The highest BCUT2D eigenvalue weighted by Gasteiger charge is 2.72. The van der Waals surface area contributed by atoms with E-state index in [0.717, 1.165) is 4.90 Å². The quantitative estimate of drug-likeness (QED) is 0.240. The van der Waals surface area contributed by atoms with E-state index < -0.39 is 49.2 Å². The van der Waals surface area contributed by atoms with E-state index >= 15 is 0 Å². The monoisotopic (exact) mass is 462 g/mol. The average molecular weight is 463 g/mol. The van der Waals surface area contributed by atoms with Gasteiger partial charge in [-0.15, -0.1) is 0 Å². The molecule has 4 rings (SSSR count). The number of fused-ring (bicyclic) bond motifs is 1. The lowest BCUT2D eigenvalue weighted by atomic mass is 9.96. The van der Waals surface area contributed by atoms with Crippen molar-refractivity contribution in [3.63, 3.8) is 0 Å². The molecule has 2 aromatic carbocycles. The predicted octanol–water partition coefficient (Wildman–Crippen LogP) is 2.46. The van der Waals surface area contributed by atoms with E-state index in [1.807, 2.05) is 12.1 Å². The van der Waals surface area contributed by atoms with Crippen molar-refractivity contribution in [3.8, 4) is 0 Å². The van der Waals surface area contributed by atoms with Gasteiger partial charge in [0.05, 0.1) is 6.42 Å². The van der Waals surface area contributed by atoms with Gasteiger partial charge in [-0.05, 0) is 18.1 Å². The first kappa shape index (κ1) is 21.3. The summed E-state index contributed by atoms with van der Waals surface area (Å²) < 4.78 is 29.8. The predicted molar refractivity (Wildman–Crippen MR) is 112 cm³/mol. The molecule has 0 bridgehead atoms. The van der Waals surface area contributed by atoms with Crippen molar-refractivity contribution in [2.75, 3.05) is 0 Å². The number of hydrogen-bond donors (Lipinski definition) is 1. The van der Waals surface area contributed by atoms with Gasteiger partial charge < -0.3 is 14.8 Å². The second kappa shape index (κ2) is 7.65. The van der Waals surface area contributed by atoms with E-state index in [4.69, 9.17) is 16.3 Å². The van der Waals surface area contributed by atoms with Crippen LogP contribution in [0.3, 0.4) is 0 Å². The van der Waals surface area contributed by atoms with Crippen molar-refractivity contribution >= 4 is 38.5 Å². The van der Waals surface area contributed by atoms with Crippen molar-refractivity contribution in [2.24, 2.45) is 5.16 Å². The number of esters is 1. The largest absolute Gasteiger partial charge is 0.451 e. The number of oxime groups is 1. The third-order valence-corrected chi connectivity index (χ3v) is 9.15. The highest BCUT2D eigenvalue weighted by molar-refractivity contribution is 7.95. The minimum absolute atomic E-state index is 0.266. The van der Waals surface area contributed by atoms with Crippen LogP contribution in [0.4, 0.5) is 0 Å². The number of amides is 1. The summed E-state index contributed by atoms with van der Waals surface area (Å²) in [6, 6.07) is 16.3. The molecular weight excluding hydrogens is 444 g/mol. The Hall–Kier alpha value is -2.91. The van der Waals surface area contributed by atoms with Crippen molar-refractivity contribution in [2.45, 2.75) is 35.6 Å². The van der Waals surface area contributed by atoms with Crippen molar-refractivity contribution in [3.05, 3.63) is 71.8 Å². The molecule has 1 amide bonds. The molecule has 0 aromatic heterocycles. The van der Waals surface area contributed by atoms with Gasteiger partial charge in [0.1, 0.15) is 5.37 Å². The van der Waals surface area contributed by atoms with E-state index in [2.05, 4.69) is 5.16 Å². The summed E-state index contributed by atoms with van der Waals surface area (Å²) in [6.45, 7) is 1.17. The highest BCUT2D eigenvalue weighted by Crippen LogP contribution is 2.48. The standard InChI is InChI=1S/C21H19ClN2O6S/c1-21(20(22)23-27)18(24-15(25)12-16(24)31(21,28)29)19(26)30-17(13-8-4-2-5-9-13)14-10-6-3-7-11-14/h2-11,16-18,27H,12H2,1H3/b23-20-/t16-,18-,21-/m1/s1. The summed E-state index contributed by atoms with van der Waals surface area (Å²) in [5, 5.41) is 10.2. The molecule has 2 aromatic rings. The summed E-state index contributed by atoms with van der Waals surface area (Å²) in [7, 11) is -4.15. The Labute approximate surface area is 184 Å². The van der Waals surface area contributed by atoms with Gasteiger partial charge in [0.25, 0.3) is 0 Å². The third kappa shape index (κ3) is 3.11. The molecule has 1 N–H and O–H groups in total. The molecule has 0 radical (unpaired) electrons. The molecule has 0 spiro atoms. The number of β-lactam (4-membered cyclic amide) rings is 1. The second-order valence-corrected chi connectivity index (χ2v) is 10.4. The first-order chi connectivity index (χ1) is 14.7. The Balaban J connectivity index is 1.77. The van der Waals surface area contributed by atoms with Crippen LogP contribution in [0.2, 0.25) is 0 Å². The van der Waals surface area contributed by atoms with Gasteiger partial charge in [0.2, 0.25) is 5.91 Å². The van der Waals surface area contributed by atoms with Crippen molar-refractivity contribution < 1.29 is 28.0 Å². The van der Waals surface area contributed by atoms with E-state index in [0.29, 0.717) is 11.1 Å². The molecule has 2 aliphatic rings. The van der Waals surface area contributed by atoms with Gasteiger partial charge in [-0.2, -0.15) is 0 Å². The Morgan fingerprint density at radius 2 is 1.68 bits per heavy atom. The minimum atomic E-state index is -4.15. The fourth-order valence-corrected chi connectivity index (χ4v) is 6.80. The van der Waals surface area contributed by atoms with E-state index in [-0.39, 0.29) is 6.42 Å². The topological polar surface area (TPSA) is 113 Å². The molecule has 0 saturated carbocycles. The molecule has 2 fully saturated rings. The van der Waals surface area contributed by atoms with Crippen LogP contribution in [0, 0.1) is 0 Å². The van der Waals surface area contributed by atoms with Crippen LogP contribution in [0.25, 0.3) is 0 Å². The lowest BCUT2D eigenvalue weighted by Crippen LogP contribution is -2.59. The lowest BCUT2D eigenvalue weighted by molar-refractivity contribution is -0.163. The minimum Gasteiger partial charge on any atom is -0.451 e. The van der Waals surface area contributed by atoms with Gasteiger partial charge in [-0.1, -0.05) is 77.4 Å². The van der Waals surface area contributed by atoms with Gasteiger partial charge in [-0.3, -0.25) is 4.79 Å². The lowest BCUT2D eigenvalue weighted by Gasteiger charge is -2.36. The number of ether oxygens (including phenoxy) is 1. The molecule has 162 valence electrons. The van der Waals surface area contributed by atoms with Gasteiger partial charge in [0, 0.05) is 0 Å². The second-order valence-electron chi connectivity index (χ2n) is 7.54. The van der Waals surface area contributed by atoms with E-state index in [9.17, 15) is 23.2 Å². The van der Waals surface area contributed by atoms with E-state index in [1.165, 1.54) is 6.92 Å². The number of halogens is 1. The summed E-state index contributed by atoms with van der Waals surface area (Å²) in [5.41, 5.74) is 1.33. The van der Waals surface area contributed by atoms with Gasteiger partial charge in [0.15, 0.2) is 31.9 Å². The number of carbonyl (C=O) groups is 2. The fraction of sp³-hybridized carbons (Fsp3) is 0.286. The fourth-order valence-electron chi connectivity index (χ4n) is 4.11. The SMILES string of the molecule is C[C@]1(/C(Cl)=N/O)[C@@H](C(=O)OC(c2ccccc2)c2ccccc2)N2C(=O)C[C@H]2S1(=O)=O. The number of benzene rings is 2. The zero-order valence-corrected chi connectivity index (χ0v) is 18.0. The third-order valence-electron chi connectivity index (χ3n) is 5.86. The first-order valence-corrected chi connectivity index (χ1v) is 11.4. The maximum absolute atomic E-state index is 13.4. The van der Waals surface area contributed by atoms with Crippen LogP contribution in [-0.4, -0.2) is 51.7 Å². The average Bonchev–Trinajstić information content (AvgIpc) is 2.93. The summed E-state index contributed by atoms with van der Waals surface area (Å²) in [4.78, 5) is 26.6. The van der Waals surface area contributed by atoms with Gasteiger partial charge >= 0.3 is 5.97 Å². The summed E-state index contributed by atoms with van der Waals surface area (Å²) in [5.74, 6) is -1.47. The zero-order valence-electron chi connectivity index (χ0n) is 16.4. The molecule has 0 unspecified atom stereocenters. The zero-order chi connectivity index (χ0) is 22.4. The molecule has 0 aliphatic carbocycles. The van der Waals surface area contributed by atoms with Gasteiger partial charge in [-0.25, -0.2) is 13.2 Å². The van der Waals surface area contributed by atoms with Crippen molar-refractivity contribution in [1.82, 2.24) is 4.90 Å². The Morgan fingerprint density at radius 3 is 2.13 bits per heavy atom. The maximum atomic E-state index is 13.4. The molecule has 8 nitrogen and oxygen atoms in total. The molecule has 10 heteroatoms. The van der Waals surface area contributed by atoms with E-state index in [1.54, 1.807) is 48.5 Å². The van der Waals surface area contributed by atoms with Crippen LogP contribution in [0.5, 0.6) is 0 Å². The molecule has 2 aliphatic heterocycles. The number of sulfone groups is 1. The first-order valence-electron chi connectivity index (χ1n) is 9.46. The van der Waals surface area contributed by atoms with Crippen LogP contribution in [0.1, 0.15) is 30.6 Å². The number of nitrogens with zero attached hydrogens (tertiary/aromatic N) is 2. The number of hydrogen-bond acceptors (Lipinski definition) is 7. The summed E-state index contributed by atoms with van der Waals surface area (Å²) in [6.07, 6.45) is -1.11. The Bertz CT molecular complexity index is 1120. The molecule has 2 heterocycles. The highest BCUT2D eigenvalue weighted by atomic mass is 35.5. The van der Waals surface area contributed by atoms with Crippen LogP contribution < -0.4 is 0 Å². The normalized spacial score (nSPS) is 27.0. The number of carbonyl (C=O) groups excluding carboxylic acids is 2. The number of rotatable bonds is 5. The molecule has 3 atom stereocenters. The maximum Gasteiger partial charge on any atom is 0.331 e. The Kier molecular flexibility index (Phi) is 5.26. The smallest absolute Gasteiger partial charge is 0.331 e. The van der Waals surface area contributed by atoms with Crippen LogP contribution in [0.15, 0.2) is 65.8 Å².